The lowest BCUT2D eigenvalue weighted by molar-refractivity contribution is 0.309. The molecule has 0 aromatic heterocycles. The number of hydrogen-bond acceptors (Lipinski definition) is 1. The predicted octanol–water partition coefficient (Wildman–Crippen LogP) is 5.17. The van der Waals surface area contributed by atoms with Gasteiger partial charge in [-0.3, -0.25) is 0 Å². The first kappa shape index (κ1) is 15.6. The Morgan fingerprint density at radius 1 is 1.05 bits per heavy atom. The number of benzene rings is 2. The van der Waals surface area contributed by atoms with E-state index in [4.69, 9.17) is 4.74 Å². The molecule has 3 heteroatoms. The average molecular weight is 347 g/mol. The minimum atomic E-state index is -0.304. The van der Waals surface area contributed by atoms with E-state index in [0.717, 1.165) is 30.8 Å². The molecule has 0 aliphatic heterocycles. The molecule has 0 N–H and O–H groups in total. The molecule has 0 heterocycles. The summed E-state index contributed by atoms with van der Waals surface area (Å²) in [6.45, 7) is 2.87. The molecule has 0 atom stereocenters. The molecule has 0 unspecified atom stereocenters. The van der Waals surface area contributed by atoms with Crippen molar-refractivity contribution in [1.29, 1.82) is 0 Å². The Hall–Kier alpha value is -1.79. The quantitative estimate of drug-likeness (QED) is 0.548. The molecule has 0 aliphatic rings. The van der Waals surface area contributed by atoms with Crippen LogP contribution < -0.4 is 4.74 Å². The van der Waals surface area contributed by atoms with Crippen LogP contribution in [-0.2, 0) is 0 Å². The van der Waals surface area contributed by atoms with Gasteiger partial charge in [-0.15, -0.1) is 0 Å². The minimum absolute atomic E-state index is 0.304. The van der Waals surface area contributed by atoms with Crippen molar-refractivity contribution in [2.75, 3.05) is 6.61 Å². The van der Waals surface area contributed by atoms with E-state index in [1.54, 1.807) is 12.1 Å². The van der Waals surface area contributed by atoms with Gasteiger partial charge in [-0.05, 0) is 64.8 Å². The minimum Gasteiger partial charge on any atom is -0.494 e. The SMILES string of the molecule is CCCCOc1ccc(C#Cc2ccc(Br)c(F)c2)cc1. The topological polar surface area (TPSA) is 9.23 Å². The Bertz CT molecular complexity index is 653. The van der Waals surface area contributed by atoms with Gasteiger partial charge >= 0.3 is 0 Å². The first-order valence-corrected chi connectivity index (χ1v) is 7.68. The standard InChI is InChI=1S/C18H16BrFO/c1-2-3-12-21-16-9-6-14(7-10-16)4-5-15-8-11-17(19)18(20)13-15/h6-11,13H,2-3,12H2,1H3. The Kier molecular flexibility index (Phi) is 5.83. The predicted molar refractivity (Wildman–Crippen MR) is 86.9 cm³/mol. The van der Waals surface area contributed by atoms with Gasteiger partial charge in [0, 0.05) is 11.1 Å². The van der Waals surface area contributed by atoms with Crippen LogP contribution in [0.1, 0.15) is 30.9 Å². The van der Waals surface area contributed by atoms with Crippen LogP contribution in [0, 0.1) is 17.7 Å². The number of rotatable bonds is 4. The number of halogens is 2. The smallest absolute Gasteiger partial charge is 0.138 e. The van der Waals surface area contributed by atoms with E-state index in [-0.39, 0.29) is 5.82 Å². The third kappa shape index (κ3) is 4.91. The molecule has 0 amide bonds. The maximum Gasteiger partial charge on any atom is 0.138 e. The largest absolute Gasteiger partial charge is 0.494 e. The average Bonchev–Trinajstić information content (AvgIpc) is 2.50. The highest BCUT2D eigenvalue weighted by molar-refractivity contribution is 9.10. The van der Waals surface area contributed by atoms with E-state index in [1.807, 2.05) is 24.3 Å². The van der Waals surface area contributed by atoms with E-state index in [2.05, 4.69) is 34.7 Å². The van der Waals surface area contributed by atoms with Gasteiger partial charge in [0.15, 0.2) is 0 Å². The van der Waals surface area contributed by atoms with Crippen LogP contribution in [0.25, 0.3) is 0 Å². The molecule has 2 aromatic carbocycles. The van der Waals surface area contributed by atoms with Gasteiger partial charge in [0.05, 0.1) is 11.1 Å². The van der Waals surface area contributed by atoms with Crippen molar-refractivity contribution in [1.82, 2.24) is 0 Å². The summed E-state index contributed by atoms with van der Waals surface area (Å²) in [5.41, 5.74) is 1.53. The van der Waals surface area contributed by atoms with Crippen LogP contribution in [0.3, 0.4) is 0 Å². The molecule has 0 fully saturated rings. The normalized spacial score (nSPS) is 9.86. The monoisotopic (exact) mass is 346 g/mol. The zero-order valence-electron chi connectivity index (χ0n) is 11.8. The zero-order chi connectivity index (χ0) is 15.1. The van der Waals surface area contributed by atoms with Crippen molar-refractivity contribution in [3.63, 3.8) is 0 Å². The molecule has 0 saturated carbocycles. The third-order valence-electron chi connectivity index (χ3n) is 2.89. The molecule has 0 radical (unpaired) electrons. The Labute approximate surface area is 133 Å². The van der Waals surface area contributed by atoms with Crippen molar-refractivity contribution in [3.05, 3.63) is 63.9 Å². The van der Waals surface area contributed by atoms with E-state index in [9.17, 15) is 4.39 Å². The zero-order valence-corrected chi connectivity index (χ0v) is 13.4. The van der Waals surface area contributed by atoms with Gasteiger partial charge < -0.3 is 4.74 Å². The lowest BCUT2D eigenvalue weighted by atomic mass is 10.2. The number of unbranched alkanes of at least 4 members (excludes halogenated alkanes) is 1. The van der Waals surface area contributed by atoms with Crippen molar-refractivity contribution >= 4 is 15.9 Å². The van der Waals surface area contributed by atoms with Crippen molar-refractivity contribution in [3.8, 4) is 17.6 Å². The highest BCUT2D eigenvalue weighted by Gasteiger charge is 1.98. The van der Waals surface area contributed by atoms with Crippen LogP contribution in [0.5, 0.6) is 5.75 Å². The maximum atomic E-state index is 13.4. The maximum absolute atomic E-state index is 13.4. The molecule has 0 spiro atoms. The van der Waals surface area contributed by atoms with Gasteiger partial charge in [-0.25, -0.2) is 4.39 Å². The van der Waals surface area contributed by atoms with Gasteiger partial charge in [0.1, 0.15) is 11.6 Å². The molecule has 0 aliphatic carbocycles. The Morgan fingerprint density at radius 3 is 2.38 bits per heavy atom. The summed E-state index contributed by atoms with van der Waals surface area (Å²) in [6, 6.07) is 12.5. The van der Waals surface area contributed by atoms with Crippen molar-refractivity contribution in [2.45, 2.75) is 19.8 Å². The fraction of sp³-hybridized carbons (Fsp3) is 0.222. The van der Waals surface area contributed by atoms with Gasteiger partial charge in [0.2, 0.25) is 0 Å². The lowest BCUT2D eigenvalue weighted by Gasteiger charge is -2.04. The van der Waals surface area contributed by atoms with Gasteiger partial charge in [-0.1, -0.05) is 25.2 Å². The number of hydrogen-bond donors (Lipinski definition) is 0. The molecule has 108 valence electrons. The molecule has 21 heavy (non-hydrogen) atoms. The Balaban J connectivity index is 2.03. The second kappa shape index (κ2) is 7.85. The summed E-state index contributed by atoms with van der Waals surface area (Å²) < 4.78 is 19.4. The molecule has 0 bridgehead atoms. The number of ether oxygens (including phenoxy) is 1. The second-order valence-electron chi connectivity index (χ2n) is 4.61. The summed E-state index contributed by atoms with van der Waals surface area (Å²) in [4.78, 5) is 0. The fourth-order valence-electron chi connectivity index (χ4n) is 1.69. The summed E-state index contributed by atoms with van der Waals surface area (Å²) in [5.74, 6) is 6.51. The van der Waals surface area contributed by atoms with Gasteiger partial charge in [0.25, 0.3) is 0 Å². The molecule has 1 nitrogen and oxygen atoms in total. The van der Waals surface area contributed by atoms with Crippen molar-refractivity contribution in [2.24, 2.45) is 0 Å². The van der Waals surface area contributed by atoms with Crippen LogP contribution in [-0.4, -0.2) is 6.61 Å². The highest BCUT2D eigenvalue weighted by atomic mass is 79.9. The van der Waals surface area contributed by atoms with E-state index >= 15 is 0 Å². The summed E-state index contributed by atoms with van der Waals surface area (Å²) >= 11 is 3.12. The lowest BCUT2D eigenvalue weighted by Crippen LogP contribution is -1.95. The molecular formula is C18H16BrFO. The molecule has 2 rings (SSSR count). The summed E-state index contributed by atoms with van der Waals surface area (Å²) in [5, 5.41) is 0. The third-order valence-corrected chi connectivity index (χ3v) is 3.53. The van der Waals surface area contributed by atoms with E-state index in [0.29, 0.717) is 10.0 Å². The van der Waals surface area contributed by atoms with Crippen LogP contribution in [0.2, 0.25) is 0 Å². The summed E-state index contributed by atoms with van der Waals surface area (Å²) in [7, 11) is 0. The van der Waals surface area contributed by atoms with Gasteiger partial charge in [-0.2, -0.15) is 0 Å². The summed E-state index contributed by atoms with van der Waals surface area (Å²) in [6.07, 6.45) is 2.17. The fourth-order valence-corrected chi connectivity index (χ4v) is 1.93. The second-order valence-corrected chi connectivity index (χ2v) is 5.46. The van der Waals surface area contributed by atoms with E-state index < -0.39 is 0 Å². The first-order chi connectivity index (χ1) is 10.2. The van der Waals surface area contributed by atoms with Crippen LogP contribution in [0.4, 0.5) is 4.39 Å². The molecular weight excluding hydrogens is 331 g/mol. The molecule has 2 aromatic rings. The van der Waals surface area contributed by atoms with E-state index in [1.165, 1.54) is 6.07 Å². The Morgan fingerprint density at radius 2 is 1.71 bits per heavy atom. The van der Waals surface area contributed by atoms with Crippen LogP contribution in [0.15, 0.2) is 46.9 Å². The highest BCUT2D eigenvalue weighted by Crippen LogP contribution is 2.16. The first-order valence-electron chi connectivity index (χ1n) is 6.89. The molecule has 0 saturated heterocycles. The van der Waals surface area contributed by atoms with Crippen molar-refractivity contribution < 1.29 is 9.13 Å². The van der Waals surface area contributed by atoms with Crippen LogP contribution >= 0.6 is 15.9 Å².